The van der Waals surface area contributed by atoms with Gasteiger partial charge in [0.25, 0.3) is 11.8 Å². The number of thioether (sulfide) groups is 1. The SMILES string of the molecule is O=C(NNC(=O)c1ccccn1)c1ccc(CSc2nc3ccccc3[nH]2)cc1. The highest BCUT2D eigenvalue weighted by atomic mass is 32.2. The predicted octanol–water partition coefficient (Wildman–Crippen LogP) is 3.33. The number of aromatic nitrogens is 3. The molecule has 0 saturated carbocycles. The Bertz CT molecular complexity index is 1110. The Kier molecular flexibility index (Phi) is 5.53. The molecule has 0 unspecified atom stereocenters. The third-order valence-electron chi connectivity index (χ3n) is 4.15. The number of aromatic amines is 1. The van der Waals surface area contributed by atoms with E-state index in [1.54, 1.807) is 42.1 Å². The van der Waals surface area contributed by atoms with E-state index in [9.17, 15) is 9.59 Å². The smallest absolute Gasteiger partial charge is 0.288 e. The molecule has 2 heterocycles. The molecular weight excluding hydrogens is 386 g/mol. The van der Waals surface area contributed by atoms with E-state index in [0.29, 0.717) is 5.56 Å². The lowest BCUT2D eigenvalue weighted by Crippen LogP contribution is -2.41. The van der Waals surface area contributed by atoms with Gasteiger partial charge in [0, 0.05) is 17.5 Å². The molecule has 7 nitrogen and oxygen atoms in total. The quantitative estimate of drug-likeness (QED) is 0.351. The zero-order valence-electron chi connectivity index (χ0n) is 15.3. The minimum absolute atomic E-state index is 0.228. The van der Waals surface area contributed by atoms with Gasteiger partial charge in [-0.25, -0.2) is 4.98 Å². The molecule has 3 N–H and O–H groups in total. The molecule has 0 bridgehead atoms. The molecule has 0 saturated heterocycles. The predicted molar refractivity (Wildman–Crippen MR) is 111 cm³/mol. The van der Waals surface area contributed by atoms with Gasteiger partial charge in [0.1, 0.15) is 5.69 Å². The lowest BCUT2D eigenvalue weighted by atomic mass is 10.1. The maximum absolute atomic E-state index is 12.2. The van der Waals surface area contributed by atoms with Crippen LogP contribution < -0.4 is 10.9 Å². The number of hydrazine groups is 1. The summed E-state index contributed by atoms with van der Waals surface area (Å²) in [6.07, 6.45) is 1.51. The average molecular weight is 403 g/mol. The van der Waals surface area contributed by atoms with Crippen molar-refractivity contribution in [3.05, 3.63) is 89.7 Å². The van der Waals surface area contributed by atoms with Crippen LogP contribution in [-0.2, 0) is 5.75 Å². The van der Waals surface area contributed by atoms with Crippen LogP contribution in [0.3, 0.4) is 0 Å². The molecule has 4 aromatic rings. The van der Waals surface area contributed by atoms with Crippen molar-refractivity contribution in [1.82, 2.24) is 25.8 Å². The lowest BCUT2D eigenvalue weighted by molar-refractivity contribution is 0.0844. The van der Waals surface area contributed by atoms with E-state index in [1.807, 2.05) is 36.4 Å². The Hall–Kier alpha value is -3.65. The first-order valence-corrected chi connectivity index (χ1v) is 9.86. The molecule has 0 aliphatic carbocycles. The molecule has 0 aliphatic heterocycles. The summed E-state index contributed by atoms with van der Waals surface area (Å²) in [4.78, 5) is 35.9. The number of H-pyrrole nitrogens is 1. The van der Waals surface area contributed by atoms with Gasteiger partial charge >= 0.3 is 0 Å². The van der Waals surface area contributed by atoms with E-state index >= 15 is 0 Å². The topological polar surface area (TPSA) is 99.8 Å². The Morgan fingerprint density at radius 1 is 0.897 bits per heavy atom. The Morgan fingerprint density at radius 3 is 2.41 bits per heavy atom. The Balaban J connectivity index is 1.31. The number of amides is 2. The summed E-state index contributed by atoms with van der Waals surface area (Å²) >= 11 is 1.59. The normalized spacial score (nSPS) is 10.6. The number of imidazole rings is 1. The molecule has 2 amide bonds. The summed E-state index contributed by atoms with van der Waals surface area (Å²) in [6.45, 7) is 0. The second-order valence-electron chi connectivity index (χ2n) is 6.17. The van der Waals surface area contributed by atoms with E-state index in [2.05, 4.69) is 25.8 Å². The largest absolute Gasteiger partial charge is 0.333 e. The van der Waals surface area contributed by atoms with Gasteiger partial charge in [-0.05, 0) is 42.0 Å². The molecule has 0 fully saturated rings. The third-order valence-corrected chi connectivity index (χ3v) is 5.09. The van der Waals surface area contributed by atoms with E-state index < -0.39 is 11.8 Å². The van der Waals surface area contributed by atoms with Gasteiger partial charge in [0.15, 0.2) is 5.16 Å². The fourth-order valence-corrected chi connectivity index (χ4v) is 3.49. The number of para-hydroxylation sites is 2. The Labute approximate surface area is 170 Å². The Morgan fingerprint density at radius 2 is 1.66 bits per heavy atom. The second-order valence-corrected chi connectivity index (χ2v) is 7.13. The number of rotatable bonds is 5. The fraction of sp³-hybridized carbons (Fsp3) is 0.0476. The van der Waals surface area contributed by atoms with E-state index in [1.165, 1.54) is 6.20 Å². The maximum atomic E-state index is 12.2. The van der Waals surface area contributed by atoms with Crippen molar-refractivity contribution >= 4 is 34.6 Å². The standard InChI is InChI=1S/C21H17N5O2S/c27-19(25-26-20(28)18-7-3-4-12-22-18)15-10-8-14(9-11-15)13-29-21-23-16-5-1-2-6-17(16)24-21/h1-12H,13H2,(H,23,24)(H,25,27)(H,26,28). The molecule has 29 heavy (non-hydrogen) atoms. The van der Waals surface area contributed by atoms with E-state index in [0.717, 1.165) is 27.5 Å². The molecule has 4 rings (SSSR count). The highest BCUT2D eigenvalue weighted by molar-refractivity contribution is 7.98. The van der Waals surface area contributed by atoms with Gasteiger partial charge in [-0.1, -0.05) is 42.1 Å². The van der Waals surface area contributed by atoms with Crippen LogP contribution in [-0.4, -0.2) is 26.8 Å². The number of fused-ring (bicyclic) bond motifs is 1. The van der Waals surface area contributed by atoms with Crippen molar-refractivity contribution in [2.45, 2.75) is 10.9 Å². The molecule has 2 aromatic heterocycles. The molecular formula is C21H17N5O2S. The highest BCUT2D eigenvalue weighted by Gasteiger charge is 2.10. The summed E-state index contributed by atoms with van der Waals surface area (Å²) in [5, 5.41) is 0.852. The van der Waals surface area contributed by atoms with Gasteiger partial charge in [-0.2, -0.15) is 0 Å². The number of carbonyl (C=O) groups excluding carboxylic acids is 2. The van der Waals surface area contributed by atoms with Crippen LogP contribution in [0.5, 0.6) is 0 Å². The van der Waals surface area contributed by atoms with Crippen molar-refractivity contribution < 1.29 is 9.59 Å². The van der Waals surface area contributed by atoms with E-state index in [-0.39, 0.29) is 5.69 Å². The van der Waals surface area contributed by atoms with Crippen molar-refractivity contribution in [2.24, 2.45) is 0 Å². The molecule has 8 heteroatoms. The minimum atomic E-state index is -0.474. The van der Waals surface area contributed by atoms with Crippen LogP contribution >= 0.6 is 11.8 Å². The number of pyridine rings is 1. The molecule has 0 atom stereocenters. The number of carbonyl (C=O) groups is 2. The second kappa shape index (κ2) is 8.57. The molecule has 2 aromatic carbocycles. The van der Waals surface area contributed by atoms with Crippen molar-refractivity contribution in [2.75, 3.05) is 0 Å². The first kappa shape index (κ1) is 18.7. The van der Waals surface area contributed by atoms with Gasteiger partial charge in [0.2, 0.25) is 0 Å². The fourth-order valence-electron chi connectivity index (χ4n) is 2.65. The summed E-state index contributed by atoms with van der Waals surface area (Å²) in [5.41, 5.74) is 8.43. The lowest BCUT2D eigenvalue weighted by Gasteiger charge is -2.07. The van der Waals surface area contributed by atoms with Gasteiger partial charge in [-0.15, -0.1) is 0 Å². The zero-order valence-corrected chi connectivity index (χ0v) is 16.1. The number of hydrogen-bond acceptors (Lipinski definition) is 5. The summed E-state index contributed by atoms with van der Waals surface area (Å²) < 4.78 is 0. The van der Waals surface area contributed by atoms with Gasteiger partial charge < -0.3 is 4.98 Å². The van der Waals surface area contributed by atoms with Crippen molar-refractivity contribution in [3.63, 3.8) is 0 Å². The van der Waals surface area contributed by atoms with Gasteiger partial charge in [0.05, 0.1) is 11.0 Å². The molecule has 0 aliphatic rings. The summed E-state index contributed by atoms with van der Waals surface area (Å²) in [6, 6.07) is 20.1. The highest BCUT2D eigenvalue weighted by Crippen LogP contribution is 2.23. The van der Waals surface area contributed by atoms with E-state index in [4.69, 9.17) is 0 Å². The number of hydrogen-bond donors (Lipinski definition) is 3. The third kappa shape index (κ3) is 4.61. The monoisotopic (exact) mass is 403 g/mol. The maximum Gasteiger partial charge on any atom is 0.288 e. The van der Waals surface area contributed by atoms with Crippen molar-refractivity contribution in [3.8, 4) is 0 Å². The first-order chi connectivity index (χ1) is 14.2. The van der Waals surface area contributed by atoms with Crippen LogP contribution in [0.25, 0.3) is 11.0 Å². The van der Waals surface area contributed by atoms with Crippen LogP contribution in [0.4, 0.5) is 0 Å². The molecule has 144 valence electrons. The van der Waals surface area contributed by atoms with Crippen LogP contribution in [0.15, 0.2) is 78.1 Å². The van der Waals surface area contributed by atoms with Crippen molar-refractivity contribution in [1.29, 1.82) is 0 Å². The molecule has 0 radical (unpaired) electrons. The van der Waals surface area contributed by atoms with Crippen LogP contribution in [0.2, 0.25) is 0 Å². The van der Waals surface area contributed by atoms with Crippen LogP contribution in [0.1, 0.15) is 26.4 Å². The minimum Gasteiger partial charge on any atom is -0.333 e. The number of nitrogens with one attached hydrogen (secondary N) is 3. The molecule has 0 spiro atoms. The van der Waals surface area contributed by atoms with Gasteiger partial charge in [-0.3, -0.25) is 25.4 Å². The first-order valence-electron chi connectivity index (χ1n) is 8.87. The van der Waals surface area contributed by atoms with Crippen LogP contribution in [0, 0.1) is 0 Å². The number of nitrogens with zero attached hydrogens (tertiary/aromatic N) is 2. The average Bonchev–Trinajstić information content (AvgIpc) is 3.20. The zero-order chi connectivity index (χ0) is 20.1. The summed E-state index contributed by atoms with van der Waals surface area (Å²) in [5.74, 6) is -0.151. The summed E-state index contributed by atoms with van der Waals surface area (Å²) in [7, 11) is 0. The number of benzene rings is 2.